The van der Waals surface area contributed by atoms with Crippen LogP contribution in [0.4, 0.5) is 4.79 Å². The average molecular weight is 200 g/mol. The number of aliphatic hydroxyl groups is 1. The number of nitrogens with zero attached hydrogens (tertiary/aromatic N) is 1. The van der Waals surface area contributed by atoms with Crippen LogP contribution in [0.25, 0.3) is 0 Å². The van der Waals surface area contributed by atoms with E-state index in [1.54, 1.807) is 6.92 Å². The highest BCUT2D eigenvalue weighted by atomic mass is 16.5. The van der Waals surface area contributed by atoms with Crippen LogP contribution in [0.3, 0.4) is 0 Å². The molecular formula is C8H12N2O4. The fourth-order valence-corrected chi connectivity index (χ4v) is 0.674. The maximum atomic E-state index is 11.0. The van der Waals surface area contributed by atoms with E-state index < -0.39 is 12.0 Å². The molecule has 0 atom stereocenters. The third-order valence-electron chi connectivity index (χ3n) is 1.37. The highest BCUT2D eigenvalue weighted by Gasteiger charge is 2.12. The van der Waals surface area contributed by atoms with Crippen molar-refractivity contribution in [2.24, 2.45) is 10.7 Å². The smallest absolute Gasteiger partial charge is 0.342 e. The SMILES string of the molecule is CC/C(O)=C(\C=N\C(N)=O)C(=O)OC. The van der Waals surface area contributed by atoms with Crippen LogP contribution in [0.2, 0.25) is 0 Å². The molecule has 0 aromatic heterocycles. The number of ether oxygens (including phenoxy) is 1. The van der Waals surface area contributed by atoms with Gasteiger partial charge < -0.3 is 15.6 Å². The minimum atomic E-state index is -0.949. The predicted molar refractivity (Wildman–Crippen MR) is 50.0 cm³/mol. The highest BCUT2D eigenvalue weighted by Crippen LogP contribution is 2.05. The fraction of sp³-hybridized carbons (Fsp3) is 0.375. The summed E-state index contributed by atoms with van der Waals surface area (Å²) in [5.74, 6) is -0.976. The molecule has 6 heteroatoms. The molecule has 0 saturated carbocycles. The van der Waals surface area contributed by atoms with Crippen molar-refractivity contribution in [1.29, 1.82) is 0 Å². The number of aliphatic hydroxyl groups excluding tert-OH is 1. The van der Waals surface area contributed by atoms with E-state index in [0.29, 0.717) is 0 Å². The van der Waals surface area contributed by atoms with E-state index in [2.05, 4.69) is 9.73 Å². The summed E-state index contributed by atoms with van der Waals surface area (Å²) >= 11 is 0. The lowest BCUT2D eigenvalue weighted by Crippen LogP contribution is -2.11. The van der Waals surface area contributed by atoms with Gasteiger partial charge in [-0.25, -0.2) is 14.6 Å². The van der Waals surface area contributed by atoms with Gasteiger partial charge in [0.15, 0.2) is 0 Å². The van der Waals surface area contributed by atoms with Crippen LogP contribution in [-0.2, 0) is 9.53 Å². The molecule has 0 aromatic rings. The van der Waals surface area contributed by atoms with Crippen molar-refractivity contribution in [3.8, 4) is 0 Å². The molecule has 0 aromatic carbocycles. The molecule has 0 fully saturated rings. The summed E-state index contributed by atoms with van der Waals surface area (Å²) in [5, 5.41) is 9.27. The Labute approximate surface area is 81.1 Å². The quantitative estimate of drug-likeness (QED) is 0.300. The number of urea groups is 1. The average Bonchev–Trinajstić information content (AvgIpc) is 2.16. The Kier molecular flexibility index (Phi) is 4.98. The lowest BCUT2D eigenvalue weighted by molar-refractivity contribution is -0.135. The van der Waals surface area contributed by atoms with E-state index in [9.17, 15) is 14.7 Å². The van der Waals surface area contributed by atoms with Gasteiger partial charge in [-0.15, -0.1) is 0 Å². The van der Waals surface area contributed by atoms with Gasteiger partial charge in [-0.1, -0.05) is 6.92 Å². The van der Waals surface area contributed by atoms with Gasteiger partial charge in [0.05, 0.1) is 13.3 Å². The number of carbonyl (C=O) groups is 2. The summed E-state index contributed by atoms with van der Waals surface area (Å²) in [6.45, 7) is 1.64. The second-order valence-corrected chi connectivity index (χ2v) is 2.30. The Morgan fingerprint density at radius 3 is 2.50 bits per heavy atom. The second-order valence-electron chi connectivity index (χ2n) is 2.30. The molecule has 0 aliphatic rings. The zero-order valence-electron chi connectivity index (χ0n) is 7.98. The Bertz CT molecular complexity index is 294. The first-order chi connectivity index (χ1) is 6.52. The Hall–Kier alpha value is -1.85. The lowest BCUT2D eigenvalue weighted by Gasteiger charge is -2.01. The molecule has 0 rings (SSSR count). The largest absolute Gasteiger partial charge is 0.511 e. The molecular weight excluding hydrogens is 188 g/mol. The van der Waals surface area contributed by atoms with Gasteiger partial charge >= 0.3 is 12.0 Å². The summed E-state index contributed by atoms with van der Waals surface area (Å²) in [5.41, 5.74) is 4.56. The van der Waals surface area contributed by atoms with Gasteiger partial charge in [-0.3, -0.25) is 0 Å². The number of allylic oxidation sites excluding steroid dienone is 1. The van der Waals surface area contributed by atoms with Crippen molar-refractivity contribution in [3.05, 3.63) is 11.3 Å². The number of methoxy groups -OCH3 is 1. The number of amides is 2. The number of carbonyl (C=O) groups excluding carboxylic acids is 2. The molecule has 0 heterocycles. The van der Waals surface area contributed by atoms with Gasteiger partial charge in [0, 0.05) is 6.42 Å². The summed E-state index contributed by atoms with van der Waals surface area (Å²) < 4.78 is 4.37. The third-order valence-corrected chi connectivity index (χ3v) is 1.37. The molecule has 0 bridgehead atoms. The maximum absolute atomic E-state index is 11.0. The first-order valence-electron chi connectivity index (χ1n) is 3.86. The Morgan fingerprint density at radius 1 is 1.57 bits per heavy atom. The molecule has 6 nitrogen and oxygen atoms in total. The molecule has 14 heavy (non-hydrogen) atoms. The third kappa shape index (κ3) is 3.70. The molecule has 0 spiro atoms. The zero-order valence-corrected chi connectivity index (χ0v) is 7.98. The van der Waals surface area contributed by atoms with E-state index in [1.807, 2.05) is 0 Å². The topological polar surface area (TPSA) is 102 Å². The van der Waals surface area contributed by atoms with Crippen LogP contribution in [0.1, 0.15) is 13.3 Å². The van der Waals surface area contributed by atoms with Crippen LogP contribution in [0.15, 0.2) is 16.3 Å². The fourth-order valence-electron chi connectivity index (χ4n) is 0.674. The zero-order chi connectivity index (χ0) is 11.1. The molecule has 0 aliphatic heterocycles. The standard InChI is InChI=1S/C8H12N2O4/c1-3-6(11)5(7(12)14-2)4-10-8(9)13/h4,11H,3H2,1-2H3,(H2,9,13)/b6-5-,10-4+. The van der Waals surface area contributed by atoms with Crippen LogP contribution in [0, 0.1) is 0 Å². The molecule has 2 amide bonds. The maximum Gasteiger partial charge on any atom is 0.342 e. The summed E-state index contributed by atoms with van der Waals surface area (Å²) in [4.78, 5) is 24.5. The number of hydrogen-bond acceptors (Lipinski definition) is 4. The minimum Gasteiger partial charge on any atom is -0.511 e. The van der Waals surface area contributed by atoms with Crippen LogP contribution in [-0.4, -0.2) is 30.4 Å². The van der Waals surface area contributed by atoms with Crippen molar-refractivity contribution >= 4 is 18.2 Å². The van der Waals surface area contributed by atoms with Gasteiger partial charge in [-0.05, 0) is 0 Å². The minimum absolute atomic E-state index is 0.172. The number of hydrogen-bond donors (Lipinski definition) is 2. The van der Waals surface area contributed by atoms with Crippen molar-refractivity contribution in [1.82, 2.24) is 0 Å². The normalized spacial score (nSPS) is 12.4. The molecule has 0 unspecified atom stereocenters. The van der Waals surface area contributed by atoms with E-state index in [1.165, 1.54) is 0 Å². The van der Waals surface area contributed by atoms with Crippen molar-refractivity contribution in [2.75, 3.05) is 7.11 Å². The first kappa shape index (κ1) is 12.2. The van der Waals surface area contributed by atoms with Gasteiger partial charge in [0.2, 0.25) is 0 Å². The molecule has 0 saturated heterocycles. The molecule has 0 aliphatic carbocycles. The molecule has 3 N–H and O–H groups in total. The molecule has 0 radical (unpaired) electrons. The predicted octanol–water partition coefficient (Wildman–Crippen LogP) is 0.531. The number of esters is 1. The van der Waals surface area contributed by atoms with E-state index in [0.717, 1.165) is 13.3 Å². The van der Waals surface area contributed by atoms with E-state index in [4.69, 9.17) is 5.73 Å². The Morgan fingerprint density at radius 2 is 2.14 bits per heavy atom. The second kappa shape index (κ2) is 5.74. The number of primary amides is 1. The lowest BCUT2D eigenvalue weighted by atomic mass is 10.2. The molecule has 78 valence electrons. The number of nitrogens with two attached hydrogens (primary N) is 1. The van der Waals surface area contributed by atoms with E-state index in [-0.39, 0.29) is 17.8 Å². The number of rotatable bonds is 3. The van der Waals surface area contributed by atoms with Crippen molar-refractivity contribution in [3.63, 3.8) is 0 Å². The van der Waals surface area contributed by atoms with Crippen molar-refractivity contribution in [2.45, 2.75) is 13.3 Å². The van der Waals surface area contributed by atoms with E-state index >= 15 is 0 Å². The van der Waals surface area contributed by atoms with Crippen LogP contribution in [0.5, 0.6) is 0 Å². The summed E-state index contributed by atoms with van der Waals surface area (Å²) in [6.07, 6.45) is 1.11. The summed E-state index contributed by atoms with van der Waals surface area (Å²) in [7, 11) is 1.16. The Balaban J connectivity index is 4.93. The van der Waals surface area contributed by atoms with Gasteiger partial charge in [-0.2, -0.15) is 0 Å². The van der Waals surface area contributed by atoms with Gasteiger partial charge in [0.1, 0.15) is 11.3 Å². The van der Waals surface area contributed by atoms with Crippen molar-refractivity contribution < 1.29 is 19.4 Å². The van der Waals surface area contributed by atoms with Crippen LogP contribution < -0.4 is 5.73 Å². The van der Waals surface area contributed by atoms with Gasteiger partial charge in [0.25, 0.3) is 0 Å². The number of aliphatic imine (C=N–C) groups is 1. The highest BCUT2D eigenvalue weighted by molar-refractivity contribution is 6.11. The summed E-state index contributed by atoms with van der Waals surface area (Å²) in [6, 6.07) is -0.949. The first-order valence-corrected chi connectivity index (χ1v) is 3.86. The monoisotopic (exact) mass is 200 g/mol. The van der Waals surface area contributed by atoms with Crippen LogP contribution >= 0.6 is 0 Å².